The van der Waals surface area contributed by atoms with E-state index in [9.17, 15) is 14.4 Å². The fraction of sp³-hybridized carbons (Fsp3) is 0.147. The van der Waals surface area contributed by atoms with Crippen LogP contribution in [0.5, 0.6) is 5.75 Å². The molecular weight excluding hydrogens is 514 g/mol. The predicted molar refractivity (Wildman–Crippen MR) is 163 cm³/mol. The van der Waals surface area contributed by atoms with Crippen LogP contribution in [-0.2, 0) is 16.2 Å². The molecule has 0 fully saturated rings. The van der Waals surface area contributed by atoms with Gasteiger partial charge in [-0.2, -0.15) is 0 Å². The van der Waals surface area contributed by atoms with Gasteiger partial charge in [-0.3, -0.25) is 14.4 Å². The second-order valence-corrected chi connectivity index (χ2v) is 9.55. The van der Waals surface area contributed by atoms with Gasteiger partial charge < -0.3 is 20.7 Å². The van der Waals surface area contributed by atoms with Crippen LogP contribution in [0.1, 0.15) is 39.0 Å². The Morgan fingerprint density at radius 3 is 2.34 bits per heavy atom. The summed E-state index contributed by atoms with van der Waals surface area (Å²) in [4.78, 5) is 37.4. The zero-order valence-corrected chi connectivity index (χ0v) is 23.1. The molecule has 0 atom stereocenters. The first-order chi connectivity index (χ1) is 19.9. The van der Waals surface area contributed by atoms with Gasteiger partial charge in [0.25, 0.3) is 5.91 Å². The fourth-order valence-electron chi connectivity index (χ4n) is 3.99. The van der Waals surface area contributed by atoms with E-state index in [4.69, 9.17) is 4.74 Å². The van der Waals surface area contributed by atoms with Gasteiger partial charge in [-0.1, -0.05) is 60.7 Å². The van der Waals surface area contributed by atoms with E-state index in [1.165, 1.54) is 6.08 Å². The maximum Gasteiger partial charge on any atom is 0.255 e. The van der Waals surface area contributed by atoms with Gasteiger partial charge in [0.15, 0.2) is 0 Å². The molecule has 4 rings (SSSR count). The lowest BCUT2D eigenvalue weighted by Gasteiger charge is -2.11. The molecule has 4 aromatic rings. The Morgan fingerprint density at radius 2 is 1.56 bits per heavy atom. The number of hydrogen-bond donors (Lipinski definition) is 3. The summed E-state index contributed by atoms with van der Waals surface area (Å²) in [5.74, 6) is -0.0861. The Labute approximate surface area is 240 Å². The highest BCUT2D eigenvalue weighted by Crippen LogP contribution is 2.20. The topological polar surface area (TPSA) is 96.5 Å². The van der Waals surface area contributed by atoms with Gasteiger partial charge in [0.05, 0.1) is 0 Å². The third-order valence-corrected chi connectivity index (χ3v) is 6.47. The van der Waals surface area contributed by atoms with Gasteiger partial charge in [0.2, 0.25) is 11.8 Å². The standard InChI is InChI=1S/C34H33N3O4/c1-24-8-6-13-31(25(24)2)37-34(40)28-11-7-12-29(22-28)36-33(39)20-21-35-32(38)19-16-26-14-17-30(18-15-26)41-23-27-9-4-3-5-10-27/h3-19,22H,20-21,23H2,1-2H3,(H,35,38)(H,36,39)(H,37,40)/b19-16+. The number of ether oxygens (including phenoxy) is 1. The van der Waals surface area contributed by atoms with Crippen LogP contribution in [0.2, 0.25) is 0 Å². The summed E-state index contributed by atoms with van der Waals surface area (Å²) in [5, 5.41) is 8.41. The maximum absolute atomic E-state index is 12.7. The second-order valence-electron chi connectivity index (χ2n) is 9.55. The van der Waals surface area contributed by atoms with Crippen LogP contribution in [0.25, 0.3) is 6.08 Å². The number of benzene rings is 4. The van der Waals surface area contributed by atoms with Crippen molar-refractivity contribution in [2.24, 2.45) is 0 Å². The summed E-state index contributed by atoms with van der Waals surface area (Å²) in [7, 11) is 0. The van der Waals surface area contributed by atoms with E-state index in [-0.39, 0.29) is 30.7 Å². The second kappa shape index (κ2) is 14.3. The minimum absolute atomic E-state index is 0.0892. The number of amides is 3. The number of anilines is 2. The van der Waals surface area contributed by atoms with Crippen LogP contribution in [0, 0.1) is 13.8 Å². The molecule has 0 unspecified atom stereocenters. The van der Waals surface area contributed by atoms with Crippen molar-refractivity contribution in [3.05, 3.63) is 131 Å². The van der Waals surface area contributed by atoms with E-state index in [2.05, 4.69) is 16.0 Å². The SMILES string of the molecule is Cc1cccc(NC(=O)c2cccc(NC(=O)CCNC(=O)/C=C/c3ccc(OCc4ccccc4)cc3)c2)c1C. The minimum Gasteiger partial charge on any atom is -0.489 e. The molecule has 7 heteroatoms. The monoisotopic (exact) mass is 547 g/mol. The maximum atomic E-state index is 12.7. The lowest BCUT2D eigenvalue weighted by Crippen LogP contribution is -2.26. The van der Waals surface area contributed by atoms with E-state index in [0.29, 0.717) is 17.9 Å². The molecule has 7 nitrogen and oxygen atoms in total. The average molecular weight is 548 g/mol. The summed E-state index contributed by atoms with van der Waals surface area (Å²) < 4.78 is 5.78. The summed E-state index contributed by atoms with van der Waals surface area (Å²) >= 11 is 0. The van der Waals surface area contributed by atoms with Gasteiger partial charge in [0.1, 0.15) is 12.4 Å². The van der Waals surface area contributed by atoms with Gasteiger partial charge >= 0.3 is 0 Å². The summed E-state index contributed by atoms with van der Waals surface area (Å²) in [6.45, 7) is 4.60. The third kappa shape index (κ3) is 8.93. The molecule has 4 aromatic carbocycles. The highest BCUT2D eigenvalue weighted by Gasteiger charge is 2.10. The van der Waals surface area contributed by atoms with Crippen molar-refractivity contribution >= 4 is 35.2 Å². The molecule has 3 amide bonds. The lowest BCUT2D eigenvalue weighted by atomic mass is 10.1. The number of carbonyl (C=O) groups is 3. The number of rotatable bonds is 11. The molecule has 0 aliphatic heterocycles. The van der Waals surface area contributed by atoms with E-state index in [1.807, 2.05) is 86.6 Å². The van der Waals surface area contributed by atoms with Crippen molar-refractivity contribution in [2.75, 3.05) is 17.2 Å². The van der Waals surface area contributed by atoms with E-state index >= 15 is 0 Å². The molecule has 0 aliphatic carbocycles. The van der Waals surface area contributed by atoms with Crippen LogP contribution in [0.3, 0.4) is 0 Å². The van der Waals surface area contributed by atoms with Crippen molar-refractivity contribution in [1.82, 2.24) is 5.32 Å². The van der Waals surface area contributed by atoms with Gasteiger partial charge in [-0.05, 0) is 78.6 Å². The van der Waals surface area contributed by atoms with Crippen molar-refractivity contribution in [2.45, 2.75) is 26.9 Å². The molecule has 0 heterocycles. The molecule has 3 N–H and O–H groups in total. The smallest absolute Gasteiger partial charge is 0.255 e. The molecule has 0 aliphatic rings. The molecule has 41 heavy (non-hydrogen) atoms. The molecule has 0 bridgehead atoms. The summed E-state index contributed by atoms with van der Waals surface area (Å²) in [6, 6.07) is 29.8. The average Bonchev–Trinajstić information content (AvgIpc) is 2.98. The Kier molecular flexibility index (Phi) is 10.0. The molecule has 0 saturated carbocycles. The predicted octanol–water partition coefficient (Wildman–Crippen LogP) is 6.29. The first-order valence-corrected chi connectivity index (χ1v) is 13.4. The molecule has 0 aromatic heterocycles. The van der Waals surface area contributed by atoms with E-state index < -0.39 is 0 Å². The van der Waals surface area contributed by atoms with E-state index in [0.717, 1.165) is 33.7 Å². The van der Waals surface area contributed by atoms with Crippen LogP contribution in [-0.4, -0.2) is 24.3 Å². The Balaban J connectivity index is 1.19. The van der Waals surface area contributed by atoms with Crippen LogP contribution in [0.4, 0.5) is 11.4 Å². The number of carbonyl (C=O) groups excluding carboxylic acids is 3. The largest absolute Gasteiger partial charge is 0.489 e. The fourth-order valence-corrected chi connectivity index (χ4v) is 3.99. The summed E-state index contributed by atoms with van der Waals surface area (Å²) in [6.07, 6.45) is 3.22. The Hall–Kier alpha value is -5.17. The molecule has 208 valence electrons. The van der Waals surface area contributed by atoms with Crippen molar-refractivity contribution in [3.63, 3.8) is 0 Å². The zero-order chi connectivity index (χ0) is 29.0. The van der Waals surface area contributed by atoms with Gasteiger partial charge in [-0.15, -0.1) is 0 Å². The summed E-state index contributed by atoms with van der Waals surface area (Å²) in [5.41, 5.74) is 5.72. The normalized spacial score (nSPS) is 10.7. The quantitative estimate of drug-likeness (QED) is 0.192. The van der Waals surface area contributed by atoms with Crippen molar-refractivity contribution in [1.29, 1.82) is 0 Å². The zero-order valence-electron chi connectivity index (χ0n) is 23.1. The highest BCUT2D eigenvalue weighted by molar-refractivity contribution is 6.05. The van der Waals surface area contributed by atoms with E-state index in [1.54, 1.807) is 30.3 Å². The Morgan fingerprint density at radius 1 is 0.805 bits per heavy atom. The Bertz CT molecular complexity index is 1530. The molecule has 0 saturated heterocycles. The van der Waals surface area contributed by atoms with Crippen LogP contribution in [0.15, 0.2) is 103 Å². The number of hydrogen-bond acceptors (Lipinski definition) is 4. The third-order valence-electron chi connectivity index (χ3n) is 6.47. The number of nitrogens with one attached hydrogen (secondary N) is 3. The molecular formula is C34H33N3O4. The van der Waals surface area contributed by atoms with Crippen LogP contribution >= 0.6 is 0 Å². The van der Waals surface area contributed by atoms with Crippen LogP contribution < -0.4 is 20.7 Å². The minimum atomic E-state index is -0.299. The first kappa shape index (κ1) is 28.8. The molecule has 0 spiro atoms. The molecule has 0 radical (unpaired) electrons. The number of aryl methyl sites for hydroxylation is 1. The van der Waals surface area contributed by atoms with Gasteiger partial charge in [-0.25, -0.2) is 0 Å². The lowest BCUT2D eigenvalue weighted by molar-refractivity contribution is -0.117. The first-order valence-electron chi connectivity index (χ1n) is 13.4. The van der Waals surface area contributed by atoms with Crippen molar-refractivity contribution < 1.29 is 19.1 Å². The van der Waals surface area contributed by atoms with Crippen molar-refractivity contribution in [3.8, 4) is 5.75 Å². The highest BCUT2D eigenvalue weighted by atomic mass is 16.5. The van der Waals surface area contributed by atoms with Gasteiger partial charge in [0, 0.05) is 36.0 Å².